The van der Waals surface area contributed by atoms with E-state index in [0.29, 0.717) is 6.42 Å². The van der Waals surface area contributed by atoms with Gasteiger partial charge < -0.3 is 4.74 Å². The molecule has 0 spiro atoms. The Hall–Kier alpha value is -0.0500. The van der Waals surface area contributed by atoms with E-state index in [9.17, 15) is 4.79 Å². The molecule has 0 aromatic carbocycles. The SMILES string of the molecule is COC(=O)CC1(CBr)CCC1. The number of carbonyl (C=O) groups is 1. The topological polar surface area (TPSA) is 26.3 Å². The zero-order chi connectivity index (χ0) is 8.32. The van der Waals surface area contributed by atoms with Crippen molar-refractivity contribution in [3.63, 3.8) is 0 Å². The molecule has 0 aromatic rings. The Balaban J connectivity index is 2.38. The van der Waals surface area contributed by atoms with Crippen LogP contribution >= 0.6 is 15.9 Å². The minimum absolute atomic E-state index is 0.0795. The van der Waals surface area contributed by atoms with Gasteiger partial charge in [0.25, 0.3) is 0 Å². The van der Waals surface area contributed by atoms with Crippen LogP contribution in [0.1, 0.15) is 25.7 Å². The maximum atomic E-state index is 10.9. The summed E-state index contributed by atoms with van der Waals surface area (Å²) in [5, 5.41) is 0.926. The molecule has 0 atom stereocenters. The lowest BCUT2D eigenvalue weighted by Crippen LogP contribution is -2.33. The smallest absolute Gasteiger partial charge is 0.306 e. The van der Waals surface area contributed by atoms with E-state index >= 15 is 0 Å². The molecule has 2 nitrogen and oxygen atoms in total. The molecule has 0 amide bonds. The molecule has 0 aliphatic heterocycles. The van der Waals surface area contributed by atoms with Crippen LogP contribution in [0.15, 0.2) is 0 Å². The van der Waals surface area contributed by atoms with Gasteiger partial charge in [-0.3, -0.25) is 4.79 Å². The highest BCUT2D eigenvalue weighted by atomic mass is 79.9. The second kappa shape index (κ2) is 3.57. The number of rotatable bonds is 3. The first kappa shape index (κ1) is 9.04. The highest BCUT2D eigenvalue weighted by Crippen LogP contribution is 2.45. The first-order valence-corrected chi connectivity index (χ1v) is 4.97. The van der Waals surface area contributed by atoms with E-state index in [0.717, 1.165) is 18.2 Å². The summed E-state index contributed by atoms with van der Waals surface area (Å²) in [6.45, 7) is 0. The maximum Gasteiger partial charge on any atom is 0.306 e. The lowest BCUT2D eigenvalue weighted by Gasteiger charge is -2.39. The van der Waals surface area contributed by atoms with E-state index in [1.54, 1.807) is 0 Å². The van der Waals surface area contributed by atoms with Crippen LogP contribution in [0.5, 0.6) is 0 Å². The van der Waals surface area contributed by atoms with Crippen LogP contribution in [-0.4, -0.2) is 18.4 Å². The van der Waals surface area contributed by atoms with Crippen LogP contribution in [0, 0.1) is 5.41 Å². The van der Waals surface area contributed by atoms with Gasteiger partial charge in [0, 0.05) is 5.33 Å². The molecule has 11 heavy (non-hydrogen) atoms. The molecule has 0 saturated heterocycles. The van der Waals surface area contributed by atoms with Gasteiger partial charge in [0.1, 0.15) is 0 Å². The summed E-state index contributed by atoms with van der Waals surface area (Å²) in [4.78, 5) is 10.9. The molecule has 0 aromatic heterocycles. The van der Waals surface area contributed by atoms with E-state index < -0.39 is 0 Å². The average molecular weight is 221 g/mol. The van der Waals surface area contributed by atoms with Crippen molar-refractivity contribution in [3.8, 4) is 0 Å². The minimum atomic E-state index is -0.0795. The first-order chi connectivity index (χ1) is 5.22. The molecule has 3 heteroatoms. The lowest BCUT2D eigenvalue weighted by molar-refractivity contribution is -0.144. The molecule has 1 aliphatic rings. The third-order valence-corrected chi connectivity index (χ3v) is 3.63. The number of esters is 1. The largest absolute Gasteiger partial charge is 0.469 e. The maximum absolute atomic E-state index is 10.9. The molecular formula is C8H13BrO2. The van der Waals surface area contributed by atoms with Gasteiger partial charge >= 0.3 is 5.97 Å². The van der Waals surface area contributed by atoms with Crippen molar-refractivity contribution in [2.75, 3.05) is 12.4 Å². The summed E-state index contributed by atoms with van der Waals surface area (Å²) >= 11 is 3.43. The van der Waals surface area contributed by atoms with Crippen LogP contribution < -0.4 is 0 Å². The van der Waals surface area contributed by atoms with E-state index in [2.05, 4.69) is 20.7 Å². The molecule has 0 radical (unpaired) electrons. The fraction of sp³-hybridized carbons (Fsp3) is 0.875. The molecule has 64 valence electrons. The van der Waals surface area contributed by atoms with Gasteiger partial charge in [-0.05, 0) is 18.3 Å². The summed E-state index contributed by atoms with van der Waals surface area (Å²) in [5.41, 5.74) is 0.229. The minimum Gasteiger partial charge on any atom is -0.469 e. The summed E-state index contributed by atoms with van der Waals surface area (Å²) in [5.74, 6) is -0.0795. The molecule has 1 rings (SSSR count). The van der Waals surface area contributed by atoms with Gasteiger partial charge in [-0.15, -0.1) is 0 Å². The number of carbonyl (C=O) groups excluding carboxylic acids is 1. The Labute approximate surface area is 75.4 Å². The van der Waals surface area contributed by atoms with Crippen molar-refractivity contribution in [2.24, 2.45) is 5.41 Å². The number of methoxy groups -OCH3 is 1. The van der Waals surface area contributed by atoms with Gasteiger partial charge in [-0.2, -0.15) is 0 Å². The Morgan fingerprint density at radius 1 is 1.64 bits per heavy atom. The highest BCUT2D eigenvalue weighted by molar-refractivity contribution is 9.09. The van der Waals surface area contributed by atoms with Crippen molar-refractivity contribution in [1.82, 2.24) is 0 Å². The lowest BCUT2D eigenvalue weighted by atomic mass is 9.68. The number of halogens is 1. The monoisotopic (exact) mass is 220 g/mol. The summed E-state index contributed by atoms with van der Waals surface area (Å²) in [6, 6.07) is 0. The van der Waals surface area contributed by atoms with Crippen LogP contribution in [0.3, 0.4) is 0 Å². The number of hydrogen-bond donors (Lipinski definition) is 0. The van der Waals surface area contributed by atoms with Crippen LogP contribution in [0.25, 0.3) is 0 Å². The molecule has 1 aliphatic carbocycles. The Kier molecular flexibility index (Phi) is 2.93. The standard InChI is InChI=1S/C8H13BrO2/c1-11-7(10)5-8(6-9)3-2-4-8/h2-6H2,1H3. The zero-order valence-electron chi connectivity index (χ0n) is 6.73. The van der Waals surface area contributed by atoms with E-state index in [1.165, 1.54) is 13.5 Å². The number of alkyl halides is 1. The zero-order valence-corrected chi connectivity index (χ0v) is 8.32. The third kappa shape index (κ3) is 1.95. The van der Waals surface area contributed by atoms with Gasteiger partial charge in [0.05, 0.1) is 13.5 Å². The second-order valence-electron chi connectivity index (χ2n) is 3.24. The fourth-order valence-corrected chi connectivity index (χ4v) is 2.17. The predicted octanol–water partition coefficient (Wildman–Crippen LogP) is 2.11. The van der Waals surface area contributed by atoms with Crippen LogP contribution in [-0.2, 0) is 9.53 Å². The first-order valence-electron chi connectivity index (χ1n) is 3.85. The van der Waals surface area contributed by atoms with Gasteiger partial charge in [0.15, 0.2) is 0 Å². The summed E-state index contributed by atoms with van der Waals surface area (Å²) in [6.07, 6.45) is 4.15. The van der Waals surface area contributed by atoms with Crippen LogP contribution in [0.4, 0.5) is 0 Å². The molecule has 1 fully saturated rings. The molecule has 0 N–H and O–H groups in total. The van der Waals surface area contributed by atoms with Crippen molar-refractivity contribution in [3.05, 3.63) is 0 Å². The highest BCUT2D eigenvalue weighted by Gasteiger charge is 2.38. The second-order valence-corrected chi connectivity index (χ2v) is 3.80. The van der Waals surface area contributed by atoms with Crippen molar-refractivity contribution < 1.29 is 9.53 Å². The van der Waals surface area contributed by atoms with E-state index in [4.69, 9.17) is 0 Å². The summed E-state index contributed by atoms with van der Waals surface area (Å²) < 4.78 is 4.62. The van der Waals surface area contributed by atoms with E-state index in [1.807, 2.05) is 0 Å². The molecular weight excluding hydrogens is 208 g/mol. The van der Waals surface area contributed by atoms with Crippen molar-refractivity contribution in [1.29, 1.82) is 0 Å². The normalized spacial score (nSPS) is 20.5. The fourth-order valence-electron chi connectivity index (χ4n) is 1.41. The average Bonchev–Trinajstić information content (AvgIpc) is 1.96. The predicted molar refractivity (Wildman–Crippen MR) is 46.7 cm³/mol. The Morgan fingerprint density at radius 3 is 2.55 bits per heavy atom. The van der Waals surface area contributed by atoms with Gasteiger partial charge in [0.2, 0.25) is 0 Å². The van der Waals surface area contributed by atoms with Gasteiger partial charge in [-0.1, -0.05) is 22.4 Å². The molecule has 0 bridgehead atoms. The van der Waals surface area contributed by atoms with E-state index in [-0.39, 0.29) is 11.4 Å². The Morgan fingerprint density at radius 2 is 2.27 bits per heavy atom. The molecule has 1 saturated carbocycles. The quantitative estimate of drug-likeness (QED) is 0.539. The summed E-state index contributed by atoms with van der Waals surface area (Å²) in [7, 11) is 1.45. The number of ether oxygens (including phenoxy) is 1. The Bertz CT molecular complexity index is 147. The molecule has 0 heterocycles. The van der Waals surface area contributed by atoms with Crippen molar-refractivity contribution in [2.45, 2.75) is 25.7 Å². The van der Waals surface area contributed by atoms with Crippen LogP contribution in [0.2, 0.25) is 0 Å². The van der Waals surface area contributed by atoms with Gasteiger partial charge in [-0.25, -0.2) is 0 Å². The van der Waals surface area contributed by atoms with Crippen molar-refractivity contribution >= 4 is 21.9 Å². The third-order valence-electron chi connectivity index (χ3n) is 2.44. The molecule has 0 unspecified atom stereocenters. The number of hydrogen-bond acceptors (Lipinski definition) is 2.